The molecule has 0 aromatic rings. The Morgan fingerprint density at radius 1 is 1.56 bits per heavy atom. The summed E-state index contributed by atoms with van der Waals surface area (Å²) >= 11 is 0. The van der Waals surface area contributed by atoms with Gasteiger partial charge in [0.2, 0.25) is 6.29 Å². The molecule has 0 aliphatic heterocycles. The second kappa shape index (κ2) is 6.14. The molecule has 0 spiro atoms. The van der Waals surface area contributed by atoms with Gasteiger partial charge in [-0.2, -0.15) is 0 Å². The first-order valence-corrected chi connectivity index (χ1v) is 4.45. The van der Waals surface area contributed by atoms with Crippen molar-refractivity contribution in [3.63, 3.8) is 0 Å². The minimum atomic E-state index is -1.45. The Morgan fingerprint density at radius 2 is 2.22 bits per heavy atom. The van der Waals surface area contributed by atoms with Crippen LogP contribution in [0.5, 0.6) is 0 Å². The summed E-state index contributed by atoms with van der Waals surface area (Å²) in [6.07, 6.45) is 0.472. The van der Waals surface area contributed by atoms with Crippen LogP contribution in [0.4, 0.5) is 0 Å². The summed E-state index contributed by atoms with van der Waals surface area (Å²) in [5.74, 6) is 0. The Balaban J connectivity index is 3.06. The summed E-state index contributed by atoms with van der Waals surface area (Å²) in [5, 5.41) is 2.92. The third kappa shape index (κ3) is 5.90. The average molecular weight is 150 g/mol. The maximum atomic E-state index is 10.7. The fourth-order valence-corrected chi connectivity index (χ4v) is 1.18. The van der Waals surface area contributed by atoms with Crippen molar-refractivity contribution >= 4 is 8.03 Å². The van der Waals surface area contributed by atoms with Crippen molar-refractivity contribution in [2.75, 3.05) is 19.4 Å². The van der Waals surface area contributed by atoms with Gasteiger partial charge in [0.15, 0.2) is 0 Å². The van der Waals surface area contributed by atoms with E-state index < -0.39 is 8.03 Å². The fraction of sp³-hybridized carbons (Fsp3) is 1.00. The highest BCUT2D eigenvalue weighted by Crippen LogP contribution is 2.18. The van der Waals surface area contributed by atoms with Crippen molar-refractivity contribution in [3.8, 4) is 0 Å². The highest BCUT2D eigenvalue weighted by Gasteiger charge is 2.12. The van der Waals surface area contributed by atoms with Crippen molar-refractivity contribution in [2.24, 2.45) is 0 Å². The minimum absolute atomic E-state index is 0.472. The van der Waals surface area contributed by atoms with E-state index in [1.165, 1.54) is 0 Å². The molecule has 0 aromatic carbocycles. The number of rotatable bonds is 5. The van der Waals surface area contributed by atoms with Crippen LogP contribution in [0.25, 0.3) is 0 Å². The molecule has 0 bridgehead atoms. The number of hydrogen-bond acceptors (Lipinski definition) is 3. The summed E-state index contributed by atoms with van der Waals surface area (Å²) in [5.41, 5.74) is 0. The lowest BCUT2D eigenvalue weighted by Crippen LogP contribution is -2.11. The van der Waals surface area contributed by atoms with Crippen LogP contribution in [0, 0.1) is 0 Å². The molecule has 0 heterocycles. The molecule has 0 saturated heterocycles. The van der Waals surface area contributed by atoms with Crippen molar-refractivity contribution in [1.29, 1.82) is 0 Å². The second-order valence-corrected chi connectivity index (χ2v) is 2.75. The van der Waals surface area contributed by atoms with Gasteiger partial charge in [-0.15, -0.1) is 4.52 Å². The Bertz CT molecular complexity index is 87.0. The summed E-state index contributed by atoms with van der Waals surface area (Å²) in [7, 11) is -1.45. The van der Waals surface area contributed by atoms with E-state index in [0.717, 1.165) is 6.54 Å². The van der Waals surface area contributed by atoms with Crippen LogP contribution in [-0.2, 0) is 9.09 Å². The second-order valence-electron chi connectivity index (χ2n) is 1.51. The first-order chi connectivity index (χ1) is 4.31. The lowest BCUT2D eigenvalue weighted by atomic mass is 10.8. The topological polar surface area (TPSA) is 38.3 Å². The van der Waals surface area contributed by atoms with Gasteiger partial charge in [0.1, 0.15) is 0 Å². The molecule has 0 aromatic heterocycles. The molecule has 3 nitrogen and oxygen atoms in total. The molecule has 9 heavy (non-hydrogen) atoms. The zero-order chi connectivity index (χ0) is 7.11. The number of hydrogen-bond donors (Lipinski definition) is 1. The van der Waals surface area contributed by atoms with Crippen LogP contribution in [0.1, 0.15) is 13.8 Å². The van der Waals surface area contributed by atoms with Gasteiger partial charge in [0.05, 0.1) is 6.61 Å². The molecular formula is C5H13NO2P+. The van der Waals surface area contributed by atoms with Gasteiger partial charge in [-0.25, -0.2) is 0 Å². The van der Waals surface area contributed by atoms with Crippen LogP contribution in [-0.4, -0.2) is 19.4 Å². The third-order valence-corrected chi connectivity index (χ3v) is 1.79. The summed E-state index contributed by atoms with van der Waals surface area (Å²) in [4.78, 5) is 0. The van der Waals surface area contributed by atoms with Crippen molar-refractivity contribution < 1.29 is 9.09 Å². The van der Waals surface area contributed by atoms with Crippen LogP contribution in [0.2, 0.25) is 0 Å². The van der Waals surface area contributed by atoms with E-state index in [-0.39, 0.29) is 0 Å². The maximum absolute atomic E-state index is 10.7. The Hall–Kier alpha value is 0.0200. The monoisotopic (exact) mass is 150 g/mol. The van der Waals surface area contributed by atoms with Crippen molar-refractivity contribution in [3.05, 3.63) is 0 Å². The van der Waals surface area contributed by atoms with E-state index in [2.05, 4.69) is 5.32 Å². The molecule has 0 aliphatic rings. The molecule has 54 valence electrons. The number of nitrogens with one attached hydrogen (secondary N) is 1. The molecule has 1 atom stereocenters. The Kier molecular flexibility index (Phi) is 6.16. The summed E-state index contributed by atoms with van der Waals surface area (Å²) in [6, 6.07) is 0. The average Bonchev–Trinajstić information content (AvgIpc) is 1.85. The minimum Gasteiger partial charge on any atom is -0.274 e. The molecule has 0 radical (unpaired) electrons. The predicted molar refractivity (Wildman–Crippen MR) is 37.8 cm³/mol. The Morgan fingerprint density at radius 3 is 2.67 bits per heavy atom. The largest absolute Gasteiger partial charge is 0.523 e. The van der Waals surface area contributed by atoms with Gasteiger partial charge in [-0.05, 0) is 18.0 Å². The van der Waals surface area contributed by atoms with E-state index in [1.807, 2.05) is 13.8 Å². The fourth-order valence-electron chi connectivity index (χ4n) is 0.393. The van der Waals surface area contributed by atoms with Crippen LogP contribution in [0.3, 0.4) is 0 Å². The van der Waals surface area contributed by atoms with Crippen molar-refractivity contribution in [1.82, 2.24) is 5.32 Å². The molecular weight excluding hydrogens is 137 g/mol. The van der Waals surface area contributed by atoms with Gasteiger partial charge < -0.3 is 0 Å². The van der Waals surface area contributed by atoms with Crippen LogP contribution >= 0.6 is 8.03 Å². The quantitative estimate of drug-likeness (QED) is 0.601. The zero-order valence-corrected chi connectivity index (χ0v) is 6.78. The predicted octanol–water partition coefficient (Wildman–Crippen LogP) is 1.33. The van der Waals surface area contributed by atoms with E-state index in [0.29, 0.717) is 12.9 Å². The SMILES string of the molecule is CCNC[P+](=O)OCC. The summed E-state index contributed by atoms with van der Waals surface area (Å²) < 4.78 is 15.5. The van der Waals surface area contributed by atoms with Crippen LogP contribution in [0.15, 0.2) is 0 Å². The zero-order valence-electron chi connectivity index (χ0n) is 5.89. The van der Waals surface area contributed by atoms with Crippen molar-refractivity contribution in [2.45, 2.75) is 13.8 Å². The smallest absolute Gasteiger partial charge is 0.274 e. The van der Waals surface area contributed by atoms with E-state index in [1.54, 1.807) is 0 Å². The van der Waals surface area contributed by atoms with Crippen LogP contribution < -0.4 is 5.32 Å². The normalized spacial score (nSPS) is 11.6. The molecule has 0 aliphatic carbocycles. The van der Waals surface area contributed by atoms with Gasteiger partial charge in [0, 0.05) is 0 Å². The van der Waals surface area contributed by atoms with E-state index in [9.17, 15) is 4.57 Å². The van der Waals surface area contributed by atoms with E-state index in [4.69, 9.17) is 4.52 Å². The van der Waals surface area contributed by atoms with Gasteiger partial charge in [0.25, 0.3) is 0 Å². The lowest BCUT2D eigenvalue weighted by molar-refractivity contribution is 0.348. The third-order valence-electron chi connectivity index (χ3n) is 0.764. The lowest BCUT2D eigenvalue weighted by Gasteiger charge is -1.86. The molecule has 0 amide bonds. The molecule has 0 rings (SSSR count). The first-order valence-electron chi connectivity index (χ1n) is 3.09. The molecule has 4 heteroatoms. The molecule has 0 saturated carbocycles. The maximum Gasteiger partial charge on any atom is 0.523 e. The molecule has 1 unspecified atom stereocenters. The van der Waals surface area contributed by atoms with Gasteiger partial charge in [-0.3, -0.25) is 5.32 Å². The highest BCUT2D eigenvalue weighted by atomic mass is 31.1. The molecule has 0 fully saturated rings. The highest BCUT2D eigenvalue weighted by molar-refractivity contribution is 7.39. The van der Waals surface area contributed by atoms with Gasteiger partial charge in [-0.1, -0.05) is 6.92 Å². The standard InChI is InChI=1S/C5H13NO2P/c1-3-6-5-9(7)8-4-2/h6H,3-5H2,1-2H3/q+1. The Labute approximate surface area is 56.7 Å². The van der Waals surface area contributed by atoms with E-state index >= 15 is 0 Å². The summed E-state index contributed by atoms with van der Waals surface area (Å²) in [6.45, 7) is 5.17. The van der Waals surface area contributed by atoms with Gasteiger partial charge >= 0.3 is 8.03 Å². The molecule has 1 N–H and O–H groups in total. The first kappa shape index (κ1) is 9.02.